The van der Waals surface area contributed by atoms with E-state index in [4.69, 9.17) is 5.73 Å². The average molecular weight is 260 g/mol. The third kappa shape index (κ3) is 3.28. The van der Waals surface area contributed by atoms with Gasteiger partial charge < -0.3 is 11.1 Å². The van der Waals surface area contributed by atoms with Gasteiger partial charge in [-0.2, -0.15) is 0 Å². The van der Waals surface area contributed by atoms with Crippen molar-refractivity contribution in [3.8, 4) is 0 Å². The van der Waals surface area contributed by atoms with Gasteiger partial charge in [0.05, 0.1) is 5.56 Å². The number of hydrogen-bond donors (Lipinski definition) is 2. The van der Waals surface area contributed by atoms with Crippen LogP contribution in [0, 0.1) is 12.8 Å². The quantitative estimate of drug-likeness (QED) is 0.819. The zero-order valence-electron chi connectivity index (χ0n) is 11.9. The molecule has 0 radical (unpaired) electrons. The molecule has 1 aliphatic rings. The van der Waals surface area contributed by atoms with Gasteiger partial charge in [-0.3, -0.25) is 4.79 Å². The van der Waals surface area contributed by atoms with Gasteiger partial charge in [-0.1, -0.05) is 25.5 Å². The summed E-state index contributed by atoms with van der Waals surface area (Å²) in [4.78, 5) is 12.2. The molecule has 3 nitrogen and oxygen atoms in total. The number of aryl methyl sites for hydroxylation is 1. The first kappa shape index (κ1) is 13.9. The van der Waals surface area contributed by atoms with Gasteiger partial charge in [-0.25, -0.2) is 0 Å². The minimum atomic E-state index is -0.0267. The highest BCUT2D eigenvalue weighted by Gasteiger charge is 2.22. The van der Waals surface area contributed by atoms with Gasteiger partial charge >= 0.3 is 0 Å². The minimum Gasteiger partial charge on any atom is -0.398 e. The van der Waals surface area contributed by atoms with Crippen LogP contribution in [0.15, 0.2) is 18.2 Å². The summed E-state index contributed by atoms with van der Waals surface area (Å²) in [5.41, 5.74) is 8.14. The molecule has 104 valence electrons. The Morgan fingerprint density at radius 2 is 2.00 bits per heavy atom. The fourth-order valence-corrected chi connectivity index (χ4v) is 2.86. The van der Waals surface area contributed by atoms with E-state index in [1.54, 1.807) is 6.07 Å². The fourth-order valence-electron chi connectivity index (χ4n) is 2.86. The predicted molar refractivity (Wildman–Crippen MR) is 79.1 cm³/mol. The maximum Gasteiger partial charge on any atom is 0.253 e. The highest BCUT2D eigenvalue weighted by Crippen LogP contribution is 2.27. The summed E-state index contributed by atoms with van der Waals surface area (Å²) in [6.45, 7) is 4.18. The number of nitrogens with one attached hydrogen (secondary N) is 1. The highest BCUT2D eigenvalue weighted by atomic mass is 16.1. The first-order valence-corrected chi connectivity index (χ1v) is 7.27. The Balaban J connectivity index is 1.96. The van der Waals surface area contributed by atoms with E-state index in [1.165, 1.54) is 19.3 Å². The maximum atomic E-state index is 12.2. The Morgan fingerprint density at radius 1 is 1.32 bits per heavy atom. The van der Waals surface area contributed by atoms with Gasteiger partial charge in [-0.05, 0) is 50.2 Å². The Morgan fingerprint density at radius 3 is 2.63 bits per heavy atom. The molecule has 0 aromatic heterocycles. The molecule has 2 rings (SSSR count). The lowest BCUT2D eigenvalue weighted by atomic mass is 9.84. The van der Waals surface area contributed by atoms with Crippen molar-refractivity contribution in [3.05, 3.63) is 29.3 Å². The van der Waals surface area contributed by atoms with Gasteiger partial charge in [0.25, 0.3) is 5.91 Å². The Hall–Kier alpha value is -1.51. The molecule has 0 saturated heterocycles. The lowest BCUT2D eigenvalue weighted by molar-refractivity contribution is 0.0922. The minimum absolute atomic E-state index is 0.0267. The molecule has 3 heteroatoms. The van der Waals surface area contributed by atoms with Crippen molar-refractivity contribution in [2.75, 3.05) is 5.73 Å². The van der Waals surface area contributed by atoms with Crippen molar-refractivity contribution < 1.29 is 4.79 Å². The first-order chi connectivity index (χ1) is 9.11. The molecule has 1 aromatic rings. The lowest BCUT2D eigenvalue weighted by Crippen LogP contribution is -2.37. The number of hydrogen-bond acceptors (Lipinski definition) is 2. The van der Waals surface area contributed by atoms with Gasteiger partial charge in [-0.15, -0.1) is 0 Å². The van der Waals surface area contributed by atoms with Crippen molar-refractivity contribution in [1.29, 1.82) is 0 Å². The number of benzene rings is 1. The van der Waals surface area contributed by atoms with Crippen LogP contribution < -0.4 is 11.1 Å². The highest BCUT2D eigenvalue weighted by molar-refractivity contribution is 5.99. The van der Waals surface area contributed by atoms with Crippen LogP contribution in [-0.4, -0.2) is 11.9 Å². The summed E-state index contributed by atoms with van der Waals surface area (Å²) in [5.74, 6) is 0.818. The van der Waals surface area contributed by atoms with Crippen molar-refractivity contribution in [2.24, 2.45) is 5.92 Å². The van der Waals surface area contributed by atoms with Gasteiger partial charge in [0.2, 0.25) is 0 Å². The second-order valence-electron chi connectivity index (χ2n) is 5.64. The molecule has 1 aliphatic carbocycles. The van der Waals surface area contributed by atoms with E-state index in [1.807, 2.05) is 19.1 Å². The topological polar surface area (TPSA) is 55.1 Å². The molecule has 19 heavy (non-hydrogen) atoms. The molecule has 1 fully saturated rings. The molecule has 1 aromatic carbocycles. The molecule has 0 heterocycles. The molecule has 0 unspecified atom stereocenters. The summed E-state index contributed by atoms with van der Waals surface area (Å²) >= 11 is 0. The Bertz CT molecular complexity index is 448. The summed E-state index contributed by atoms with van der Waals surface area (Å²) in [6, 6.07) is 5.93. The molecule has 0 aliphatic heterocycles. The zero-order chi connectivity index (χ0) is 13.8. The summed E-state index contributed by atoms with van der Waals surface area (Å²) in [6.07, 6.45) is 5.90. The van der Waals surface area contributed by atoms with E-state index in [-0.39, 0.29) is 5.91 Å². The number of carbonyl (C=O) groups excluding carboxylic acids is 1. The zero-order valence-corrected chi connectivity index (χ0v) is 11.9. The Labute approximate surface area is 115 Å². The van der Waals surface area contributed by atoms with Gasteiger partial charge in [0.1, 0.15) is 0 Å². The number of carbonyl (C=O) groups is 1. The van der Waals surface area contributed by atoms with Crippen LogP contribution in [0.1, 0.15) is 54.9 Å². The van der Waals surface area contributed by atoms with E-state index in [9.17, 15) is 4.79 Å². The SMILES string of the molecule is CCC1CCC(NC(=O)c2cccc(C)c2N)CC1. The van der Waals surface area contributed by atoms with Crippen molar-refractivity contribution in [3.63, 3.8) is 0 Å². The summed E-state index contributed by atoms with van der Waals surface area (Å²) < 4.78 is 0. The van der Waals surface area contributed by atoms with Crippen LogP contribution in [0.2, 0.25) is 0 Å². The van der Waals surface area contributed by atoms with Crippen molar-refractivity contribution >= 4 is 11.6 Å². The van der Waals surface area contributed by atoms with Crippen LogP contribution in [0.25, 0.3) is 0 Å². The van der Waals surface area contributed by atoms with Crippen LogP contribution in [0.3, 0.4) is 0 Å². The largest absolute Gasteiger partial charge is 0.398 e. The molecule has 0 bridgehead atoms. The molecule has 1 saturated carbocycles. The number of nitrogen functional groups attached to an aromatic ring is 1. The second-order valence-corrected chi connectivity index (χ2v) is 5.64. The van der Waals surface area contributed by atoms with Gasteiger partial charge in [0.15, 0.2) is 0 Å². The molecular weight excluding hydrogens is 236 g/mol. The van der Waals surface area contributed by atoms with Crippen molar-refractivity contribution in [2.45, 2.75) is 52.0 Å². The summed E-state index contributed by atoms with van der Waals surface area (Å²) in [7, 11) is 0. The normalized spacial score (nSPS) is 23.1. The molecular formula is C16H24N2O. The lowest BCUT2D eigenvalue weighted by Gasteiger charge is -2.28. The average Bonchev–Trinajstić information content (AvgIpc) is 2.42. The Kier molecular flexibility index (Phi) is 4.46. The third-order valence-electron chi connectivity index (χ3n) is 4.33. The van der Waals surface area contributed by atoms with E-state index in [0.717, 1.165) is 24.3 Å². The molecule has 3 N–H and O–H groups in total. The number of para-hydroxylation sites is 1. The number of rotatable bonds is 3. The fraction of sp³-hybridized carbons (Fsp3) is 0.562. The van der Waals surface area contributed by atoms with E-state index >= 15 is 0 Å². The van der Waals surface area contributed by atoms with Crippen LogP contribution in [-0.2, 0) is 0 Å². The van der Waals surface area contributed by atoms with E-state index in [0.29, 0.717) is 17.3 Å². The molecule has 0 atom stereocenters. The smallest absolute Gasteiger partial charge is 0.253 e. The van der Waals surface area contributed by atoms with E-state index < -0.39 is 0 Å². The van der Waals surface area contributed by atoms with Crippen LogP contribution in [0.4, 0.5) is 5.69 Å². The summed E-state index contributed by atoms with van der Waals surface area (Å²) in [5, 5.41) is 3.13. The van der Waals surface area contributed by atoms with Crippen LogP contribution in [0.5, 0.6) is 0 Å². The number of anilines is 1. The predicted octanol–water partition coefficient (Wildman–Crippen LogP) is 3.28. The van der Waals surface area contributed by atoms with Gasteiger partial charge in [0, 0.05) is 11.7 Å². The molecule has 1 amide bonds. The third-order valence-corrected chi connectivity index (χ3v) is 4.33. The first-order valence-electron chi connectivity index (χ1n) is 7.27. The van der Waals surface area contributed by atoms with Crippen LogP contribution >= 0.6 is 0 Å². The molecule has 0 spiro atoms. The second kappa shape index (κ2) is 6.09. The van der Waals surface area contributed by atoms with Crippen molar-refractivity contribution in [1.82, 2.24) is 5.32 Å². The van der Waals surface area contributed by atoms with E-state index in [2.05, 4.69) is 12.2 Å². The monoisotopic (exact) mass is 260 g/mol. The number of amides is 1. The standard InChI is InChI=1S/C16H24N2O/c1-3-12-7-9-13(10-8-12)18-16(19)14-6-4-5-11(2)15(14)17/h4-6,12-13H,3,7-10,17H2,1-2H3,(H,18,19). The maximum absolute atomic E-state index is 12.2. The number of nitrogens with two attached hydrogens (primary N) is 1.